The highest BCUT2D eigenvalue weighted by Gasteiger charge is 2.56. The maximum absolute atomic E-state index is 13.5. The summed E-state index contributed by atoms with van der Waals surface area (Å²) in [5.41, 5.74) is -4.17. The lowest BCUT2D eigenvalue weighted by Crippen LogP contribution is -2.30. The number of nitrogens with zero attached hydrogens (tertiary/aromatic N) is 2. The molecule has 11 nitrogen and oxygen atoms in total. The van der Waals surface area contributed by atoms with Gasteiger partial charge >= 0.3 is 11.4 Å². The van der Waals surface area contributed by atoms with Gasteiger partial charge in [-0.25, -0.2) is 4.18 Å². The summed E-state index contributed by atoms with van der Waals surface area (Å²) in [7, 11) is -4.62. The predicted molar refractivity (Wildman–Crippen MR) is 155 cm³/mol. The van der Waals surface area contributed by atoms with E-state index in [0.717, 1.165) is 12.1 Å². The lowest BCUT2D eigenvalue weighted by molar-refractivity contribution is -0.386. The van der Waals surface area contributed by atoms with Crippen molar-refractivity contribution in [3.8, 4) is 11.5 Å². The van der Waals surface area contributed by atoms with Crippen LogP contribution < -0.4 is 0 Å². The SMILES string of the molecule is O=[N+]([O-])c1cc(C2(c3cc(I)c(O)c([N+](=O)[O-])c3)OS(=O)(=O)c3c(Br)c(Br)c(Br)c(Br)c32)cc(Br)c1O. The number of nitro groups is 2. The van der Waals surface area contributed by atoms with E-state index in [4.69, 9.17) is 4.18 Å². The van der Waals surface area contributed by atoms with E-state index in [1.807, 2.05) is 0 Å². The van der Waals surface area contributed by atoms with Crippen LogP contribution in [0.3, 0.4) is 0 Å². The molecule has 0 radical (unpaired) electrons. The van der Waals surface area contributed by atoms with Crippen LogP contribution in [0.4, 0.5) is 11.4 Å². The third-order valence-corrected chi connectivity index (χ3v) is 13.2. The van der Waals surface area contributed by atoms with Gasteiger partial charge in [-0.05, 0) is 114 Å². The lowest BCUT2D eigenvalue weighted by Gasteiger charge is -2.30. The molecular weight excluding hydrogens is 959 g/mol. The minimum absolute atomic E-state index is 0.0191. The van der Waals surface area contributed by atoms with Gasteiger partial charge < -0.3 is 10.2 Å². The van der Waals surface area contributed by atoms with Crippen molar-refractivity contribution in [2.75, 3.05) is 0 Å². The summed E-state index contributed by atoms with van der Waals surface area (Å²) in [5.74, 6) is -1.39. The summed E-state index contributed by atoms with van der Waals surface area (Å²) in [6, 6.07) is 4.29. The molecule has 0 saturated carbocycles. The van der Waals surface area contributed by atoms with Gasteiger partial charge in [-0.2, -0.15) is 8.42 Å². The van der Waals surface area contributed by atoms with Gasteiger partial charge in [0.25, 0.3) is 10.1 Å². The van der Waals surface area contributed by atoms with Crippen LogP contribution in [0.2, 0.25) is 0 Å². The Balaban J connectivity index is 2.32. The fourth-order valence-electron chi connectivity index (χ4n) is 3.81. The van der Waals surface area contributed by atoms with Gasteiger partial charge in [-0.1, -0.05) is 0 Å². The Morgan fingerprint density at radius 3 is 1.84 bits per heavy atom. The molecule has 0 fully saturated rings. The third-order valence-electron chi connectivity index (χ3n) is 5.35. The molecule has 18 heteroatoms. The van der Waals surface area contributed by atoms with Gasteiger partial charge in [0.05, 0.1) is 22.4 Å². The van der Waals surface area contributed by atoms with Crippen LogP contribution >= 0.6 is 102 Å². The topological polar surface area (TPSA) is 170 Å². The maximum atomic E-state index is 13.5. The zero-order valence-electron chi connectivity index (χ0n) is 17.1. The highest BCUT2D eigenvalue weighted by molar-refractivity contribution is 14.1. The minimum atomic E-state index is -4.62. The lowest BCUT2D eigenvalue weighted by atomic mass is 9.80. The predicted octanol–water partition coefficient (Wildman–Crippen LogP) is 7.34. The summed E-state index contributed by atoms with van der Waals surface area (Å²) in [5, 5.41) is 44.0. The highest BCUT2D eigenvalue weighted by atomic mass is 127. The molecule has 3 aromatic rings. The average Bonchev–Trinajstić information content (AvgIpc) is 3.07. The second kappa shape index (κ2) is 9.93. The normalized spacial score (nSPS) is 18.0. The fraction of sp³-hybridized carbons (Fsp3) is 0.0526. The Bertz CT molecular complexity index is 1610. The molecular formula is C19H6Br5IN2O9S. The fourth-order valence-corrected chi connectivity index (χ4v) is 9.64. The molecule has 3 aromatic carbocycles. The van der Waals surface area contributed by atoms with Crippen molar-refractivity contribution in [3.05, 3.63) is 87.1 Å². The molecule has 4 rings (SSSR count). The smallest absolute Gasteiger partial charge is 0.312 e. The van der Waals surface area contributed by atoms with Gasteiger partial charge in [-0.3, -0.25) is 20.2 Å². The number of hydrogen-bond donors (Lipinski definition) is 2. The van der Waals surface area contributed by atoms with E-state index in [2.05, 4.69) is 79.6 Å². The third kappa shape index (κ3) is 4.44. The summed E-state index contributed by atoms with van der Waals surface area (Å²) in [4.78, 5) is 21.4. The van der Waals surface area contributed by atoms with Crippen molar-refractivity contribution in [2.24, 2.45) is 0 Å². The number of halogens is 6. The van der Waals surface area contributed by atoms with Crippen LogP contribution in [0.25, 0.3) is 0 Å². The zero-order chi connectivity index (χ0) is 27.8. The van der Waals surface area contributed by atoms with Crippen LogP contribution in [-0.4, -0.2) is 28.5 Å². The van der Waals surface area contributed by atoms with Crippen molar-refractivity contribution in [2.45, 2.75) is 10.5 Å². The van der Waals surface area contributed by atoms with Crippen molar-refractivity contribution in [1.29, 1.82) is 0 Å². The van der Waals surface area contributed by atoms with E-state index in [0.29, 0.717) is 8.95 Å². The van der Waals surface area contributed by atoms with Gasteiger partial charge in [0.1, 0.15) is 4.90 Å². The summed E-state index contributed by atoms with van der Waals surface area (Å²) in [6.45, 7) is 0. The molecule has 0 aliphatic carbocycles. The van der Waals surface area contributed by atoms with Crippen molar-refractivity contribution >= 4 is 124 Å². The molecule has 0 aromatic heterocycles. The van der Waals surface area contributed by atoms with E-state index in [9.17, 15) is 38.9 Å². The molecule has 0 saturated heterocycles. The Kier molecular flexibility index (Phi) is 7.81. The van der Waals surface area contributed by atoms with Gasteiger partial charge in [0, 0.05) is 42.2 Å². The van der Waals surface area contributed by atoms with E-state index in [-0.39, 0.29) is 38.6 Å². The quantitative estimate of drug-likeness (QED) is 0.0679. The van der Waals surface area contributed by atoms with Crippen LogP contribution in [0, 0.1) is 23.8 Å². The van der Waals surface area contributed by atoms with E-state index < -0.39 is 48.4 Å². The average molecular weight is 965 g/mol. The number of aromatic hydroxyl groups is 2. The number of nitro benzene ring substituents is 2. The molecule has 1 heterocycles. The van der Waals surface area contributed by atoms with E-state index >= 15 is 0 Å². The van der Waals surface area contributed by atoms with Crippen molar-refractivity contribution in [3.63, 3.8) is 0 Å². The number of phenolic OH excluding ortho intramolecular Hbond substituents is 2. The molecule has 0 amide bonds. The standard InChI is InChI=1S/C19H6Br5IN2O9S/c20-7-1-5(3-9(16(7)28)26(30)31)19(6-2-8(25)17(29)10(4-6)27(32)33)11-12(21)13(22)14(23)15(24)18(11)37(34,35)36-19/h1-4,28-29H. The maximum Gasteiger partial charge on any atom is 0.312 e. The van der Waals surface area contributed by atoms with Crippen LogP contribution in [0.15, 0.2) is 51.5 Å². The first-order valence-electron chi connectivity index (χ1n) is 9.23. The first-order valence-corrected chi connectivity index (χ1v) is 15.7. The first kappa shape index (κ1) is 29.1. The number of phenols is 2. The highest BCUT2D eigenvalue weighted by Crippen LogP contribution is 2.59. The number of benzene rings is 3. The van der Waals surface area contributed by atoms with E-state index in [1.165, 1.54) is 12.1 Å². The van der Waals surface area contributed by atoms with Crippen molar-refractivity contribution < 1.29 is 32.7 Å². The first-order chi connectivity index (χ1) is 17.1. The molecule has 0 bridgehead atoms. The molecule has 1 atom stereocenters. The Hall–Kier alpha value is -0.900. The second-order valence-corrected chi connectivity index (χ2v) is 14.0. The molecule has 2 N–H and O–H groups in total. The number of rotatable bonds is 4. The monoisotopic (exact) mass is 959 g/mol. The van der Waals surface area contributed by atoms with Gasteiger partial charge in [-0.15, -0.1) is 0 Å². The number of hydrogen-bond acceptors (Lipinski definition) is 9. The van der Waals surface area contributed by atoms with Gasteiger partial charge in [0.15, 0.2) is 5.60 Å². The van der Waals surface area contributed by atoms with Crippen LogP contribution in [-0.2, 0) is 19.9 Å². The largest absolute Gasteiger partial charge is 0.501 e. The van der Waals surface area contributed by atoms with Crippen LogP contribution in [0.5, 0.6) is 11.5 Å². The molecule has 1 aliphatic heterocycles. The number of fused-ring (bicyclic) bond motifs is 1. The molecule has 37 heavy (non-hydrogen) atoms. The Morgan fingerprint density at radius 2 is 1.30 bits per heavy atom. The summed E-state index contributed by atoms with van der Waals surface area (Å²) < 4.78 is 33.4. The van der Waals surface area contributed by atoms with Crippen molar-refractivity contribution in [1.82, 2.24) is 0 Å². The zero-order valence-corrected chi connectivity index (χ0v) is 28.0. The Morgan fingerprint density at radius 1 is 0.811 bits per heavy atom. The van der Waals surface area contributed by atoms with Crippen LogP contribution in [0.1, 0.15) is 16.7 Å². The molecule has 194 valence electrons. The summed E-state index contributed by atoms with van der Waals surface area (Å²) >= 11 is 18.0. The molecule has 1 unspecified atom stereocenters. The molecule has 0 spiro atoms. The van der Waals surface area contributed by atoms with Gasteiger partial charge in [0.2, 0.25) is 11.5 Å². The second-order valence-electron chi connectivity index (χ2n) is 7.34. The van der Waals surface area contributed by atoms with E-state index in [1.54, 1.807) is 22.6 Å². The Labute approximate surface area is 262 Å². The molecule has 1 aliphatic rings. The minimum Gasteiger partial charge on any atom is -0.501 e. The summed E-state index contributed by atoms with van der Waals surface area (Å²) in [6.07, 6.45) is 0.